The summed E-state index contributed by atoms with van der Waals surface area (Å²) < 4.78 is 6.31. The number of halogens is 1. The molecule has 21 heavy (non-hydrogen) atoms. The van der Waals surface area contributed by atoms with E-state index in [1.54, 1.807) is 12.1 Å². The Hall–Kier alpha value is -1.14. The molecule has 1 fully saturated rings. The molecule has 1 aliphatic carbocycles. The summed E-state index contributed by atoms with van der Waals surface area (Å²) >= 11 is 8.58. The first-order valence-corrected chi connectivity index (χ1v) is 8.34. The van der Waals surface area contributed by atoms with Crippen LogP contribution in [0.3, 0.4) is 0 Å². The molecule has 1 amide bonds. The van der Waals surface area contributed by atoms with Crippen molar-refractivity contribution in [2.75, 3.05) is 6.61 Å². The first kappa shape index (κ1) is 16.2. The number of ether oxygens (including phenoxy) is 1. The lowest BCUT2D eigenvalue weighted by atomic mass is 10.2. The van der Waals surface area contributed by atoms with Crippen molar-refractivity contribution in [1.29, 1.82) is 0 Å². The van der Waals surface area contributed by atoms with E-state index in [1.165, 1.54) is 12.8 Å². The molecule has 0 aliphatic heterocycles. The largest absolute Gasteiger partial charge is 0.493 e. The molecular weight excluding hydrogens is 352 g/mol. The number of thiocarbonyl (C=S) groups is 1. The highest BCUT2D eigenvalue weighted by Crippen LogP contribution is 2.23. The van der Waals surface area contributed by atoms with Crippen LogP contribution in [0, 0.1) is 0 Å². The summed E-state index contributed by atoms with van der Waals surface area (Å²) in [5, 5.41) is 6.31. The maximum Gasteiger partial charge on any atom is 0.261 e. The number of rotatable bonds is 4. The van der Waals surface area contributed by atoms with Crippen LogP contribution in [0.5, 0.6) is 5.75 Å². The van der Waals surface area contributed by atoms with Crippen molar-refractivity contribution in [2.24, 2.45) is 0 Å². The number of carbonyl (C=O) groups excluding carboxylic acids is 1. The van der Waals surface area contributed by atoms with Crippen LogP contribution < -0.4 is 15.4 Å². The number of hydrogen-bond donors (Lipinski definition) is 2. The van der Waals surface area contributed by atoms with Gasteiger partial charge in [0.1, 0.15) is 5.75 Å². The average Bonchev–Trinajstić information content (AvgIpc) is 2.93. The second-order valence-electron chi connectivity index (χ2n) is 4.98. The Balaban J connectivity index is 2.01. The summed E-state index contributed by atoms with van der Waals surface area (Å²) in [6.07, 6.45) is 4.65. The zero-order valence-corrected chi connectivity index (χ0v) is 14.4. The van der Waals surface area contributed by atoms with Crippen LogP contribution in [0.4, 0.5) is 0 Å². The maximum atomic E-state index is 12.3. The monoisotopic (exact) mass is 370 g/mol. The Morgan fingerprint density at radius 2 is 2.14 bits per heavy atom. The van der Waals surface area contributed by atoms with E-state index >= 15 is 0 Å². The predicted octanol–water partition coefficient (Wildman–Crippen LogP) is 3.39. The highest BCUT2D eigenvalue weighted by atomic mass is 79.9. The van der Waals surface area contributed by atoms with E-state index in [0.717, 1.165) is 17.3 Å². The van der Waals surface area contributed by atoms with Crippen molar-refractivity contribution in [1.82, 2.24) is 10.6 Å². The lowest BCUT2D eigenvalue weighted by Gasteiger charge is -2.16. The fraction of sp³-hybridized carbons (Fsp3) is 0.467. The zero-order valence-electron chi connectivity index (χ0n) is 11.9. The topological polar surface area (TPSA) is 50.4 Å². The fourth-order valence-electron chi connectivity index (χ4n) is 2.42. The third-order valence-corrected chi connectivity index (χ3v) is 4.12. The smallest absolute Gasteiger partial charge is 0.261 e. The van der Waals surface area contributed by atoms with Gasteiger partial charge < -0.3 is 10.1 Å². The van der Waals surface area contributed by atoms with Crippen LogP contribution in [0.1, 0.15) is 43.0 Å². The Labute approximate surface area is 138 Å². The summed E-state index contributed by atoms with van der Waals surface area (Å²) in [5.74, 6) is 0.303. The van der Waals surface area contributed by atoms with Crippen LogP contribution in [0.2, 0.25) is 0 Å². The summed E-state index contributed by atoms with van der Waals surface area (Å²) in [6.45, 7) is 2.39. The highest BCUT2D eigenvalue weighted by Gasteiger charge is 2.18. The SMILES string of the molecule is CCOc1ccc(Br)cc1C(=O)NC(=S)NC1CCCC1. The third kappa shape index (κ3) is 4.68. The number of amides is 1. The molecule has 114 valence electrons. The van der Waals surface area contributed by atoms with Crippen molar-refractivity contribution in [3.05, 3.63) is 28.2 Å². The number of benzene rings is 1. The summed E-state index contributed by atoms with van der Waals surface area (Å²) in [4.78, 5) is 12.3. The van der Waals surface area contributed by atoms with Gasteiger partial charge in [-0.25, -0.2) is 0 Å². The molecule has 0 bridgehead atoms. The van der Waals surface area contributed by atoms with E-state index in [9.17, 15) is 4.79 Å². The van der Waals surface area contributed by atoms with E-state index in [2.05, 4.69) is 26.6 Å². The number of carbonyl (C=O) groups is 1. The highest BCUT2D eigenvalue weighted by molar-refractivity contribution is 9.10. The molecule has 0 spiro atoms. The molecule has 0 aromatic heterocycles. The first-order chi connectivity index (χ1) is 10.1. The molecule has 1 saturated carbocycles. The van der Waals surface area contributed by atoms with Crippen molar-refractivity contribution in [3.8, 4) is 5.75 Å². The van der Waals surface area contributed by atoms with Crippen molar-refractivity contribution >= 4 is 39.2 Å². The molecule has 0 saturated heterocycles. The molecule has 0 radical (unpaired) electrons. The Morgan fingerprint density at radius 3 is 2.81 bits per heavy atom. The Kier molecular flexibility index (Phi) is 5.99. The summed E-state index contributed by atoms with van der Waals surface area (Å²) in [7, 11) is 0. The van der Waals surface area contributed by atoms with Crippen LogP contribution in [-0.4, -0.2) is 23.7 Å². The van der Waals surface area contributed by atoms with Gasteiger partial charge in [0.15, 0.2) is 5.11 Å². The van der Waals surface area contributed by atoms with Gasteiger partial charge in [-0.05, 0) is 50.2 Å². The van der Waals surface area contributed by atoms with Crippen LogP contribution in [0.25, 0.3) is 0 Å². The van der Waals surface area contributed by atoms with E-state index < -0.39 is 0 Å². The lowest BCUT2D eigenvalue weighted by molar-refractivity contribution is 0.0972. The molecule has 1 aromatic rings. The summed E-state index contributed by atoms with van der Waals surface area (Å²) in [6, 6.07) is 5.73. The minimum atomic E-state index is -0.254. The fourth-order valence-corrected chi connectivity index (χ4v) is 3.04. The second kappa shape index (κ2) is 7.75. The van der Waals surface area contributed by atoms with E-state index in [-0.39, 0.29) is 5.91 Å². The van der Waals surface area contributed by atoms with Crippen molar-refractivity contribution < 1.29 is 9.53 Å². The van der Waals surface area contributed by atoms with Gasteiger partial charge in [-0.15, -0.1) is 0 Å². The molecule has 0 heterocycles. The normalized spacial score (nSPS) is 14.8. The van der Waals surface area contributed by atoms with Crippen LogP contribution >= 0.6 is 28.1 Å². The van der Waals surface area contributed by atoms with E-state index in [4.69, 9.17) is 17.0 Å². The van der Waals surface area contributed by atoms with Gasteiger partial charge in [-0.3, -0.25) is 10.1 Å². The zero-order chi connectivity index (χ0) is 15.2. The first-order valence-electron chi connectivity index (χ1n) is 7.14. The standard InChI is InChI=1S/C15H19BrN2O2S/c1-2-20-13-8-7-10(16)9-12(13)14(19)18-15(21)17-11-5-3-4-6-11/h7-9,11H,2-6H2,1H3,(H2,17,18,19,21). The molecule has 6 heteroatoms. The number of hydrogen-bond acceptors (Lipinski definition) is 3. The Morgan fingerprint density at radius 1 is 1.43 bits per heavy atom. The van der Waals surface area contributed by atoms with Crippen molar-refractivity contribution in [3.63, 3.8) is 0 Å². The minimum absolute atomic E-state index is 0.254. The molecule has 2 rings (SSSR count). The lowest BCUT2D eigenvalue weighted by Crippen LogP contribution is -2.43. The quantitative estimate of drug-likeness (QED) is 0.797. The molecule has 1 aliphatic rings. The van der Waals surface area contributed by atoms with Gasteiger partial charge in [0, 0.05) is 10.5 Å². The van der Waals surface area contributed by atoms with Gasteiger partial charge >= 0.3 is 0 Å². The second-order valence-corrected chi connectivity index (χ2v) is 6.31. The van der Waals surface area contributed by atoms with Gasteiger partial charge in [-0.1, -0.05) is 28.8 Å². The van der Waals surface area contributed by atoms with E-state index in [0.29, 0.717) is 29.1 Å². The van der Waals surface area contributed by atoms with Crippen molar-refractivity contribution in [2.45, 2.75) is 38.6 Å². The van der Waals surface area contributed by atoms with Gasteiger partial charge in [-0.2, -0.15) is 0 Å². The van der Waals surface area contributed by atoms with Gasteiger partial charge in [0.25, 0.3) is 5.91 Å². The summed E-state index contributed by atoms with van der Waals surface area (Å²) in [5.41, 5.74) is 0.474. The predicted molar refractivity (Wildman–Crippen MR) is 90.8 cm³/mol. The van der Waals surface area contributed by atoms with Gasteiger partial charge in [0.2, 0.25) is 0 Å². The van der Waals surface area contributed by atoms with Crippen LogP contribution in [0.15, 0.2) is 22.7 Å². The molecule has 0 unspecified atom stereocenters. The van der Waals surface area contributed by atoms with Crippen LogP contribution in [-0.2, 0) is 0 Å². The Bertz CT molecular complexity index is 530. The molecule has 1 aromatic carbocycles. The van der Waals surface area contributed by atoms with Gasteiger partial charge in [0.05, 0.1) is 12.2 Å². The molecule has 2 N–H and O–H groups in total. The molecule has 0 atom stereocenters. The third-order valence-electron chi connectivity index (χ3n) is 3.40. The maximum absolute atomic E-state index is 12.3. The van der Waals surface area contributed by atoms with E-state index in [1.807, 2.05) is 13.0 Å². The average molecular weight is 371 g/mol. The number of nitrogens with one attached hydrogen (secondary N) is 2. The minimum Gasteiger partial charge on any atom is -0.493 e. The molecule has 4 nitrogen and oxygen atoms in total. The molecular formula is C15H19BrN2O2S.